The first-order valence-corrected chi connectivity index (χ1v) is 8.93. The summed E-state index contributed by atoms with van der Waals surface area (Å²) in [6.07, 6.45) is 10.9. The van der Waals surface area contributed by atoms with Crippen molar-refractivity contribution >= 4 is 12.3 Å². The van der Waals surface area contributed by atoms with E-state index in [1.165, 1.54) is 24.8 Å². The molecule has 0 aromatic rings. The van der Waals surface area contributed by atoms with E-state index in [1.807, 2.05) is 13.8 Å². The highest BCUT2D eigenvalue weighted by Gasteiger charge is 2.47. The molecule has 2 aliphatic carbocycles. The highest BCUT2D eigenvalue weighted by atomic mass is 16.5. The average molecular weight is 316 g/mol. The van der Waals surface area contributed by atoms with E-state index in [1.54, 1.807) is 0 Å². The highest BCUT2D eigenvalue weighted by molar-refractivity contribution is 5.91. The molecule has 0 aromatic carbocycles. The molecular formula is C20H28O3. The summed E-state index contributed by atoms with van der Waals surface area (Å²) in [4.78, 5) is 23.1. The summed E-state index contributed by atoms with van der Waals surface area (Å²) >= 11 is 0. The van der Waals surface area contributed by atoms with E-state index in [-0.39, 0.29) is 17.3 Å². The van der Waals surface area contributed by atoms with Crippen molar-refractivity contribution in [3.63, 3.8) is 0 Å². The number of fused-ring (bicyclic) bond motifs is 3. The summed E-state index contributed by atoms with van der Waals surface area (Å²) in [5.74, 6) is 1.96. The summed E-state index contributed by atoms with van der Waals surface area (Å²) in [5, 5.41) is 0. The minimum Gasteiger partial charge on any atom is -0.462 e. The second-order valence-corrected chi connectivity index (χ2v) is 8.22. The number of aldehydes is 1. The number of hydrogen-bond donors (Lipinski definition) is 0. The van der Waals surface area contributed by atoms with Crippen LogP contribution in [-0.2, 0) is 14.3 Å². The molecule has 3 heteroatoms. The van der Waals surface area contributed by atoms with E-state index in [2.05, 4.69) is 19.1 Å². The third-order valence-corrected chi connectivity index (χ3v) is 6.11. The Kier molecular flexibility index (Phi) is 4.48. The van der Waals surface area contributed by atoms with Crippen molar-refractivity contribution < 1.29 is 14.3 Å². The van der Waals surface area contributed by atoms with E-state index in [0.29, 0.717) is 24.4 Å². The third kappa shape index (κ3) is 3.15. The number of cyclic esters (lactones) is 1. The molecule has 3 aliphatic rings. The molecule has 0 spiro atoms. The van der Waals surface area contributed by atoms with Gasteiger partial charge in [0.25, 0.3) is 0 Å². The molecule has 23 heavy (non-hydrogen) atoms. The fraction of sp³-hybridized carbons (Fsp3) is 0.700. The van der Waals surface area contributed by atoms with Gasteiger partial charge in [-0.05, 0) is 56.8 Å². The Balaban J connectivity index is 1.81. The number of rotatable bonds is 4. The lowest BCUT2D eigenvalue weighted by molar-refractivity contribution is -0.135. The van der Waals surface area contributed by atoms with Crippen molar-refractivity contribution in [2.75, 3.05) is 6.61 Å². The van der Waals surface area contributed by atoms with Crippen LogP contribution in [0.4, 0.5) is 0 Å². The molecule has 0 amide bonds. The molecule has 1 aliphatic heterocycles. The molecule has 0 aromatic heterocycles. The zero-order valence-electron chi connectivity index (χ0n) is 14.5. The standard InChI is InChI=1S/C20H28O3/c1-13(9-10-20(2,3)12-21)15-8-7-14-5-4-6-16-17(18(14)15)11-23-19(16)22/h6,9,12,14-15,17-18H,4-5,7-8,10-11H2,1-3H3/t14-,15+,17-,18+/m0/s1. The molecule has 0 bridgehead atoms. The van der Waals surface area contributed by atoms with Gasteiger partial charge >= 0.3 is 5.97 Å². The second kappa shape index (κ2) is 6.26. The molecule has 126 valence electrons. The molecular weight excluding hydrogens is 288 g/mol. The normalized spacial score (nSPS) is 34.3. The minimum atomic E-state index is -0.291. The number of hydrogen-bond acceptors (Lipinski definition) is 3. The van der Waals surface area contributed by atoms with Gasteiger partial charge in [-0.3, -0.25) is 0 Å². The monoisotopic (exact) mass is 316 g/mol. The van der Waals surface area contributed by atoms with Crippen LogP contribution in [0.2, 0.25) is 0 Å². The first-order chi connectivity index (χ1) is 10.9. The van der Waals surface area contributed by atoms with Crippen LogP contribution in [0.25, 0.3) is 0 Å². The Morgan fingerprint density at radius 1 is 1.35 bits per heavy atom. The summed E-state index contributed by atoms with van der Waals surface area (Å²) < 4.78 is 5.35. The van der Waals surface area contributed by atoms with Crippen LogP contribution in [0.3, 0.4) is 0 Å². The summed E-state index contributed by atoms with van der Waals surface area (Å²) in [6.45, 7) is 6.74. The summed E-state index contributed by atoms with van der Waals surface area (Å²) in [5.41, 5.74) is 2.04. The first-order valence-electron chi connectivity index (χ1n) is 8.93. The maximum atomic E-state index is 12.0. The zero-order chi connectivity index (χ0) is 16.6. The molecule has 4 atom stereocenters. The quantitative estimate of drug-likeness (QED) is 0.446. The zero-order valence-corrected chi connectivity index (χ0v) is 14.5. The van der Waals surface area contributed by atoms with Gasteiger partial charge in [-0.1, -0.05) is 31.6 Å². The van der Waals surface area contributed by atoms with E-state index >= 15 is 0 Å². The fourth-order valence-corrected chi connectivity index (χ4v) is 4.70. The van der Waals surface area contributed by atoms with Crippen LogP contribution in [0.5, 0.6) is 0 Å². The predicted octanol–water partition coefficient (Wildman–Crippen LogP) is 4.08. The van der Waals surface area contributed by atoms with Gasteiger partial charge in [0.1, 0.15) is 6.29 Å². The van der Waals surface area contributed by atoms with Gasteiger partial charge in [0, 0.05) is 16.9 Å². The van der Waals surface area contributed by atoms with Gasteiger partial charge in [0.15, 0.2) is 0 Å². The lowest BCUT2D eigenvalue weighted by Gasteiger charge is -2.29. The van der Waals surface area contributed by atoms with Crippen molar-refractivity contribution in [1.82, 2.24) is 0 Å². The average Bonchev–Trinajstić information content (AvgIpc) is 3.04. The number of allylic oxidation sites excluding steroid dienone is 3. The maximum absolute atomic E-state index is 12.0. The summed E-state index contributed by atoms with van der Waals surface area (Å²) in [6, 6.07) is 0. The van der Waals surface area contributed by atoms with Gasteiger partial charge in [-0.2, -0.15) is 0 Å². The first kappa shape index (κ1) is 16.5. The van der Waals surface area contributed by atoms with Crippen molar-refractivity contribution in [1.29, 1.82) is 0 Å². The predicted molar refractivity (Wildman–Crippen MR) is 89.7 cm³/mol. The Labute approximate surface area is 139 Å². The van der Waals surface area contributed by atoms with Gasteiger partial charge in [-0.15, -0.1) is 0 Å². The minimum absolute atomic E-state index is 0.0926. The van der Waals surface area contributed by atoms with Gasteiger partial charge < -0.3 is 9.53 Å². The Bertz CT molecular complexity index is 555. The molecule has 2 fully saturated rings. The van der Waals surface area contributed by atoms with Gasteiger partial charge in [-0.25, -0.2) is 4.79 Å². The Morgan fingerprint density at radius 3 is 2.87 bits per heavy atom. The topological polar surface area (TPSA) is 43.4 Å². The van der Waals surface area contributed by atoms with E-state index in [0.717, 1.165) is 24.7 Å². The van der Waals surface area contributed by atoms with E-state index in [9.17, 15) is 9.59 Å². The molecule has 1 saturated heterocycles. The molecule has 3 nitrogen and oxygen atoms in total. The molecule has 0 unspecified atom stereocenters. The highest BCUT2D eigenvalue weighted by Crippen LogP contribution is 2.52. The van der Waals surface area contributed by atoms with Crippen molar-refractivity contribution in [2.24, 2.45) is 29.1 Å². The number of carbonyl (C=O) groups is 2. The van der Waals surface area contributed by atoms with E-state index in [4.69, 9.17) is 4.74 Å². The smallest absolute Gasteiger partial charge is 0.334 e. The number of carbonyl (C=O) groups excluding carboxylic acids is 2. The molecule has 0 radical (unpaired) electrons. The summed E-state index contributed by atoms with van der Waals surface area (Å²) in [7, 11) is 0. The van der Waals surface area contributed by atoms with Crippen LogP contribution in [0, 0.1) is 29.1 Å². The van der Waals surface area contributed by atoms with Crippen molar-refractivity contribution in [3.8, 4) is 0 Å². The van der Waals surface area contributed by atoms with Crippen LogP contribution >= 0.6 is 0 Å². The number of ether oxygens (including phenoxy) is 1. The van der Waals surface area contributed by atoms with Crippen LogP contribution in [-0.4, -0.2) is 18.9 Å². The van der Waals surface area contributed by atoms with Gasteiger partial charge in [0.05, 0.1) is 6.61 Å². The second-order valence-electron chi connectivity index (χ2n) is 8.22. The Morgan fingerprint density at radius 2 is 2.13 bits per heavy atom. The largest absolute Gasteiger partial charge is 0.462 e. The fourth-order valence-electron chi connectivity index (χ4n) is 4.70. The molecule has 1 saturated carbocycles. The number of esters is 1. The molecule has 0 N–H and O–H groups in total. The van der Waals surface area contributed by atoms with Crippen molar-refractivity contribution in [3.05, 3.63) is 23.3 Å². The maximum Gasteiger partial charge on any atom is 0.334 e. The van der Waals surface area contributed by atoms with E-state index < -0.39 is 0 Å². The van der Waals surface area contributed by atoms with Crippen LogP contribution in [0.15, 0.2) is 23.3 Å². The third-order valence-electron chi connectivity index (χ3n) is 6.11. The lowest BCUT2D eigenvalue weighted by Crippen LogP contribution is -2.26. The lowest BCUT2D eigenvalue weighted by atomic mass is 9.74. The molecule has 1 heterocycles. The SMILES string of the molecule is CC(=CCC(C)(C)C=O)[C@H]1CC[C@@H]2CCC=C3C(=O)OC[C@@H]3[C@H]21. The molecule has 3 rings (SSSR count). The van der Waals surface area contributed by atoms with Crippen LogP contribution < -0.4 is 0 Å². The van der Waals surface area contributed by atoms with Crippen molar-refractivity contribution in [2.45, 2.75) is 52.9 Å². The van der Waals surface area contributed by atoms with Crippen LogP contribution in [0.1, 0.15) is 52.9 Å². The van der Waals surface area contributed by atoms with Gasteiger partial charge in [0.2, 0.25) is 0 Å². The Hall–Kier alpha value is -1.38.